The van der Waals surface area contributed by atoms with Gasteiger partial charge in [0.2, 0.25) is 0 Å². The van der Waals surface area contributed by atoms with Crippen LogP contribution >= 0.6 is 0 Å². The number of pyridine rings is 2. The van der Waals surface area contributed by atoms with Gasteiger partial charge in [-0.2, -0.15) is 0 Å². The number of nitrogens with zero attached hydrogens (tertiary/aromatic N) is 3. The molecule has 0 saturated carbocycles. The minimum absolute atomic E-state index is 0.868. The number of hydrogen-bond acceptors (Lipinski definition) is 3. The summed E-state index contributed by atoms with van der Waals surface area (Å²) < 4.78 is 2.35. The lowest BCUT2D eigenvalue weighted by molar-refractivity contribution is 1.18. The zero-order valence-corrected chi connectivity index (χ0v) is 21.5. The highest BCUT2D eigenvalue weighted by Gasteiger charge is 2.22. The van der Waals surface area contributed by atoms with Crippen molar-refractivity contribution in [2.24, 2.45) is 0 Å². The highest BCUT2D eigenvalue weighted by Crippen LogP contribution is 2.45. The van der Waals surface area contributed by atoms with Crippen LogP contribution in [0.3, 0.4) is 0 Å². The highest BCUT2D eigenvalue weighted by molar-refractivity contribution is 6.18. The van der Waals surface area contributed by atoms with Crippen LogP contribution in [0, 0.1) is 0 Å². The van der Waals surface area contributed by atoms with Crippen molar-refractivity contribution in [3.05, 3.63) is 128 Å². The van der Waals surface area contributed by atoms with E-state index in [1.54, 1.807) is 0 Å². The summed E-state index contributed by atoms with van der Waals surface area (Å²) in [6.07, 6.45) is 1.92. The molecule has 4 heteroatoms. The smallest absolute Gasteiger partial charge is 0.141 e. The molecular formula is C36H22N4. The SMILES string of the molecule is c1ccc(-n2c3ccccc3c3cc(-c4ccc5c(c4)-c4nccc6c4c(nc4ccccc46)N5)ccc32)cc1. The molecule has 40 heavy (non-hydrogen) atoms. The Hall–Kier alpha value is -5.48. The van der Waals surface area contributed by atoms with Gasteiger partial charge in [-0.1, -0.05) is 66.7 Å². The predicted molar refractivity (Wildman–Crippen MR) is 166 cm³/mol. The van der Waals surface area contributed by atoms with Crippen molar-refractivity contribution in [1.82, 2.24) is 14.5 Å². The molecule has 1 N–H and O–H groups in total. The molecule has 9 rings (SSSR count). The molecule has 4 nitrogen and oxygen atoms in total. The quantitative estimate of drug-likeness (QED) is 0.236. The molecular weight excluding hydrogens is 488 g/mol. The summed E-state index contributed by atoms with van der Waals surface area (Å²) in [6.45, 7) is 0. The van der Waals surface area contributed by atoms with E-state index in [4.69, 9.17) is 9.97 Å². The van der Waals surface area contributed by atoms with Crippen molar-refractivity contribution in [1.29, 1.82) is 0 Å². The maximum Gasteiger partial charge on any atom is 0.141 e. The maximum atomic E-state index is 4.95. The molecule has 0 atom stereocenters. The molecule has 0 amide bonds. The fourth-order valence-corrected chi connectivity index (χ4v) is 6.36. The van der Waals surface area contributed by atoms with E-state index in [1.165, 1.54) is 38.4 Å². The standard InChI is InChI=1S/C36H22N4/c1-2-8-24(9-3-1)40-32-13-7-5-11-26(32)28-20-23(15-17-33(28)40)22-14-16-31-29(21-22)35-34-27(18-19-37-35)25-10-4-6-12-30(25)38-36(34)39-31/h1-21H,(H,38,39). The van der Waals surface area contributed by atoms with Crippen LogP contribution in [0.1, 0.15) is 0 Å². The summed E-state index contributed by atoms with van der Waals surface area (Å²) in [5.74, 6) is 0.868. The van der Waals surface area contributed by atoms with Crippen LogP contribution in [-0.2, 0) is 0 Å². The van der Waals surface area contributed by atoms with Crippen LogP contribution in [0.4, 0.5) is 11.5 Å². The molecule has 0 radical (unpaired) electrons. The normalized spacial score (nSPS) is 12.2. The molecule has 4 heterocycles. The fraction of sp³-hybridized carbons (Fsp3) is 0. The number of benzene rings is 5. The van der Waals surface area contributed by atoms with Crippen LogP contribution in [0.15, 0.2) is 128 Å². The molecule has 0 spiro atoms. The largest absolute Gasteiger partial charge is 0.339 e. The topological polar surface area (TPSA) is 42.7 Å². The number of rotatable bonds is 2. The summed E-state index contributed by atoms with van der Waals surface area (Å²) in [5.41, 5.74) is 10.0. The summed E-state index contributed by atoms with van der Waals surface area (Å²) in [6, 6.07) is 43.1. The van der Waals surface area contributed by atoms with Crippen LogP contribution in [-0.4, -0.2) is 14.5 Å². The molecule has 0 bridgehead atoms. The first-order valence-electron chi connectivity index (χ1n) is 13.5. The first kappa shape index (κ1) is 21.5. The second-order valence-electron chi connectivity index (χ2n) is 10.4. The molecule has 8 aromatic rings. The van der Waals surface area contributed by atoms with Gasteiger partial charge < -0.3 is 9.88 Å². The number of aromatic nitrogens is 3. The van der Waals surface area contributed by atoms with Gasteiger partial charge in [-0.05, 0) is 71.1 Å². The third-order valence-electron chi connectivity index (χ3n) is 8.16. The Morgan fingerprint density at radius 2 is 1.32 bits per heavy atom. The molecule has 0 unspecified atom stereocenters. The minimum Gasteiger partial charge on any atom is -0.339 e. The van der Waals surface area contributed by atoms with Crippen LogP contribution in [0.25, 0.3) is 71.6 Å². The first-order chi connectivity index (χ1) is 19.8. The molecule has 3 aromatic heterocycles. The number of anilines is 2. The summed E-state index contributed by atoms with van der Waals surface area (Å²) in [4.78, 5) is 9.82. The second-order valence-corrected chi connectivity index (χ2v) is 10.4. The molecule has 0 aliphatic carbocycles. The lowest BCUT2D eigenvalue weighted by Crippen LogP contribution is -2.05. The van der Waals surface area contributed by atoms with Crippen LogP contribution < -0.4 is 5.32 Å². The molecule has 1 aliphatic heterocycles. The Kier molecular flexibility index (Phi) is 4.30. The van der Waals surface area contributed by atoms with Gasteiger partial charge in [0.15, 0.2) is 0 Å². The first-order valence-corrected chi connectivity index (χ1v) is 13.5. The van der Waals surface area contributed by atoms with E-state index in [1.807, 2.05) is 12.3 Å². The summed E-state index contributed by atoms with van der Waals surface area (Å²) in [7, 11) is 0. The van der Waals surface area contributed by atoms with Crippen molar-refractivity contribution in [2.45, 2.75) is 0 Å². The van der Waals surface area contributed by atoms with E-state index in [0.29, 0.717) is 0 Å². The van der Waals surface area contributed by atoms with Crippen LogP contribution in [0.5, 0.6) is 0 Å². The van der Waals surface area contributed by atoms with Gasteiger partial charge in [-0.15, -0.1) is 0 Å². The minimum atomic E-state index is 0.868. The second kappa shape index (κ2) is 8.01. The maximum absolute atomic E-state index is 4.95. The third-order valence-corrected chi connectivity index (χ3v) is 8.16. The van der Waals surface area contributed by atoms with Gasteiger partial charge in [-0.3, -0.25) is 4.98 Å². The molecule has 1 aliphatic rings. The summed E-state index contributed by atoms with van der Waals surface area (Å²) >= 11 is 0. The van der Waals surface area contributed by atoms with Gasteiger partial charge in [-0.25, -0.2) is 4.98 Å². The van der Waals surface area contributed by atoms with Gasteiger partial charge in [0.25, 0.3) is 0 Å². The Morgan fingerprint density at radius 3 is 2.25 bits per heavy atom. The average molecular weight is 511 g/mol. The Bertz CT molecular complexity index is 2300. The van der Waals surface area contributed by atoms with E-state index < -0.39 is 0 Å². The van der Waals surface area contributed by atoms with Crippen molar-refractivity contribution in [3.8, 4) is 28.1 Å². The molecule has 186 valence electrons. The predicted octanol–water partition coefficient (Wildman–Crippen LogP) is 9.27. The summed E-state index contributed by atoms with van der Waals surface area (Å²) in [5, 5.41) is 9.48. The zero-order valence-electron chi connectivity index (χ0n) is 21.5. The highest BCUT2D eigenvalue weighted by atomic mass is 15.0. The Morgan fingerprint density at radius 1 is 0.575 bits per heavy atom. The lowest BCUT2D eigenvalue weighted by Gasteiger charge is -2.22. The molecule has 5 aromatic carbocycles. The number of nitrogens with one attached hydrogen (secondary N) is 1. The third kappa shape index (κ3) is 2.96. The van der Waals surface area contributed by atoms with Crippen molar-refractivity contribution in [3.63, 3.8) is 0 Å². The van der Waals surface area contributed by atoms with Crippen molar-refractivity contribution in [2.75, 3.05) is 5.32 Å². The van der Waals surface area contributed by atoms with E-state index in [0.717, 1.165) is 44.6 Å². The monoisotopic (exact) mass is 510 g/mol. The number of hydrogen-bond donors (Lipinski definition) is 1. The zero-order chi connectivity index (χ0) is 26.2. The lowest BCUT2D eigenvalue weighted by atomic mass is 9.94. The molecule has 0 saturated heterocycles. The van der Waals surface area contributed by atoms with Gasteiger partial charge >= 0.3 is 0 Å². The number of fused-ring (bicyclic) bond motifs is 7. The number of para-hydroxylation sites is 3. The van der Waals surface area contributed by atoms with Crippen LogP contribution in [0.2, 0.25) is 0 Å². The Balaban J connectivity index is 1.25. The van der Waals surface area contributed by atoms with Gasteiger partial charge in [0.1, 0.15) is 5.82 Å². The van der Waals surface area contributed by atoms with E-state index >= 15 is 0 Å². The van der Waals surface area contributed by atoms with E-state index in [2.05, 4.69) is 125 Å². The van der Waals surface area contributed by atoms with Gasteiger partial charge in [0.05, 0.1) is 27.6 Å². The van der Waals surface area contributed by atoms with Crippen molar-refractivity contribution >= 4 is 55.0 Å². The van der Waals surface area contributed by atoms with E-state index in [-0.39, 0.29) is 0 Å². The molecule has 0 fully saturated rings. The van der Waals surface area contributed by atoms with Gasteiger partial charge in [0, 0.05) is 39.3 Å². The van der Waals surface area contributed by atoms with E-state index in [9.17, 15) is 0 Å². The van der Waals surface area contributed by atoms with Crippen molar-refractivity contribution < 1.29 is 0 Å². The fourth-order valence-electron chi connectivity index (χ4n) is 6.36. The Labute approximate surface area is 230 Å². The average Bonchev–Trinajstić information content (AvgIpc) is 3.35.